The maximum absolute atomic E-state index is 10.6. The second-order valence-electron chi connectivity index (χ2n) is 2.58. The van der Waals surface area contributed by atoms with Crippen molar-refractivity contribution >= 4 is 5.97 Å². The molecule has 1 rings (SSSR count). The first-order valence-electron chi connectivity index (χ1n) is 3.96. The van der Waals surface area contributed by atoms with Crippen LogP contribution < -0.4 is 0 Å². The molecule has 0 radical (unpaired) electrons. The molecule has 0 bridgehead atoms. The number of carbonyl (C=O) groups is 1. The van der Waals surface area contributed by atoms with Gasteiger partial charge in [0.15, 0.2) is 0 Å². The summed E-state index contributed by atoms with van der Waals surface area (Å²) in [5.74, 6) is -0.346. The van der Waals surface area contributed by atoms with E-state index in [1.807, 2.05) is 6.08 Å². The Kier molecular flexibility index (Phi) is 3.33. The third-order valence-electron chi connectivity index (χ3n) is 1.68. The Morgan fingerprint density at radius 1 is 1.75 bits per heavy atom. The Morgan fingerprint density at radius 3 is 3.17 bits per heavy atom. The zero-order valence-corrected chi connectivity index (χ0v) is 6.95. The fourth-order valence-electron chi connectivity index (χ4n) is 1.02. The highest BCUT2D eigenvalue weighted by Gasteiger charge is 2.00. The molecule has 0 heterocycles. The number of ether oxygens (including phenoxy) is 1. The van der Waals surface area contributed by atoms with E-state index < -0.39 is 0 Å². The zero-order chi connectivity index (χ0) is 8.81. The minimum absolute atomic E-state index is 0.346. The second kappa shape index (κ2) is 4.54. The van der Waals surface area contributed by atoms with Gasteiger partial charge in [-0.25, -0.2) is 4.79 Å². The van der Waals surface area contributed by atoms with E-state index in [0.29, 0.717) is 6.61 Å². The third-order valence-corrected chi connectivity index (χ3v) is 1.68. The van der Waals surface area contributed by atoms with Crippen molar-refractivity contribution in [1.29, 1.82) is 0 Å². The smallest absolute Gasteiger partial charge is 0.330 e. The van der Waals surface area contributed by atoms with E-state index in [-0.39, 0.29) is 5.97 Å². The Labute approximate surface area is 72.2 Å². The topological polar surface area (TPSA) is 26.3 Å². The highest BCUT2D eigenvalue weighted by Crippen LogP contribution is 2.13. The van der Waals surface area contributed by atoms with E-state index >= 15 is 0 Å². The lowest BCUT2D eigenvalue weighted by molar-refractivity contribution is -0.137. The summed E-state index contributed by atoms with van der Waals surface area (Å²) >= 11 is 0. The van der Waals surface area contributed by atoms with Crippen LogP contribution in [0.15, 0.2) is 36.5 Å². The normalized spacial score (nSPS) is 14.2. The molecule has 0 saturated carbocycles. The molecule has 64 valence electrons. The van der Waals surface area contributed by atoms with Crippen LogP contribution in [0.4, 0.5) is 0 Å². The number of rotatable bonds is 4. The van der Waals surface area contributed by atoms with Gasteiger partial charge in [-0.15, -0.1) is 0 Å². The molecular weight excluding hydrogens is 152 g/mol. The van der Waals surface area contributed by atoms with Gasteiger partial charge in [0.05, 0.1) is 6.61 Å². The van der Waals surface area contributed by atoms with Gasteiger partial charge in [0.1, 0.15) is 0 Å². The van der Waals surface area contributed by atoms with Crippen LogP contribution in [0.25, 0.3) is 0 Å². The minimum atomic E-state index is -0.346. The number of esters is 1. The lowest BCUT2D eigenvalue weighted by Crippen LogP contribution is -2.02. The summed E-state index contributed by atoms with van der Waals surface area (Å²) in [5.41, 5.74) is 1.31. The van der Waals surface area contributed by atoms with Gasteiger partial charge in [0.2, 0.25) is 0 Å². The molecule has 0 N–H and O–H groups in total. The lowest BCUT2D eigenvalue weighted by atomic mass is 10.2. The highest BCUT2D eigenvalue weighted by molar-refractivity contribution is 5.81. The van der Waals surface area contributed by atoms with Crippen molar-refractivity contribution in [2.24, 2.45) is 0 Å². The fourth-order valence-corrected chi connectivity index (χ4v) is 1.02. The molecule has 0 fully saturated rings. The van der Waals surface area contributed by atoms with Crippen LogP contribution in [-0.4, -0.2) is 12.6 Å². The average molecular weight is 164 g/mol. The van der Waals surface area contributed by atoms with Gasteiger partial charge in [-0.1, -0.05) is 30.4 Å². The van der Waals surface area contributed by atoms with Crippen LogP contribution in [0.5, 0.6) is 0 Å². The molecule has 0 unspecified atom stereocenters. The van der Waals surface area contributed by atoms with Crippen LogP contribution in [0, 0.1) is 0 Å². The van der Waals surface area contributed by atoms with Crippen molar-refractivity contribution in [3.63, 3.8) is 0 Å². The Morgan fingerprint density at radius 2 is 2.58 bits per heavy atom. The molecule has 0 aromatic rings. The molecule has 0 aromatic heterocycles. The van der Waals surface area contributed by atoms with E-state index in [2.05, 4.69) is 18.7 Å². The average Bonchev–Trinajstić information content (AvgIpc) is 2.57. The minimum Gasteiger partial charge on any atom is -0.462 e. The quantitative estimate of drug-likeness (QED) is 0.469. The SMILES string of the molecule is C=CC(=O)OCCC1=CC=CC1. The van der Waals surface area contributed by atoms with E-state index in [1.54, 1.807) is 0 Å². The highest BCUT2D eigenvalue weighted by atomic mass is 16.5. The van der Waals surface area contributed by atoms with Crippen LogP contribution in [0.2, 0.25) is 0 Å². The first-order chi connectivity index (χ1) is 5.83. The van der Waals surface area contributed by atoms with E-state index in [4.69, 9.17) is 4.74 Å². The zero-order valence-electron chi connectivity index (χ0n) is 6.95. The Bertz CT molecular complexity index is 236. The number of allylic oxidation sites excluding steroid dienone is 3. The molecule has 0 saturated heterocycles. The maximum atomic E-state index is 10.6. The number of hydrogen-bond acceptors (Lipinski definition) is 2. The third kappa shape index (κ3) is 2.74. The van der Waals surface area contributed by atoms with Crippen molar-refractivity contribution < 1.29 is 9.53 Å². The van der Waals surface area contributed by atoms with Gasteiger partial charge in [-0.2, -0.15) is 0 Å². The molecule has 2 nitrogen and oxygen atoms in total. The molecule has 0 amide bonds. The largest absolute Gasteiger partial charge is 0.462 e. The Balaban J connectivity index is 2.10. The van der Waals surface area contributed by atoms with Gasteiger partial charge in [-0.3, -0.25) is 0 Å². The molecule has 1 aliphatic carbocycles. The number of hydrogen-bond donors (Lipinski definition) is 0. The summed E-state index contributed by atoms with van der Waals surface area (Å²) in [6.45, 7) is 3.77. The second-order valence-corrected chi connectivity index (χ2v) is 2.58. The molecule has 2 heteroatoms. The van der Waals surface area contributed by atoms with Gasteiger partial charge in [-0.05, 0) is 6.42 Å². The molecule has 0 atom stereocenters. The van der Waals surface area contributed by atoms with Crippen LogP contribution in [0.3, 0.4) is 0 Å². The molecule has 1 aliphatic rings. The van der Waals surface area contributed by atoms with Crippen molar-refractivity contribution in [1.82, 2.24) is 0 Å². The van der Waals surface area contributed by atoms with E-state index in [0.717, 1.165) is 12.8 Å². The van der Waals surface area contributed by atoms with Gasteiger partial charge in [0, 0.05) is 12.5 Å². The van der Waals surface area contributed by atoms with Crippen LogP contribution >= 0.6 is 0 Å². The predicted octanol–water partition coefficient (Wildman–Crippen LogP) is 1.99. The van der Waals surface area contributed by atoms with Gasteiger partial charge >= 0.3 is 5.97 Å². The van der Waals surface area contributed by atoms with Crippen molar-refractivity contribution in [2.45, 2.75) is 12.8 Å². The summed E-state index contributed by atoms with van der Waals surface area (Å²) in [5, 5.41) is 0. The molecule has 0 spiro atoms. The first-order valence-corrected chi connectivity index (χ1v) is 3.96. The van der Waals surface area contributed by atoms with E-state index in [1.165, 1.54) is 11.6 Å². The van der Waals surface area contributed by atoms with E-state index in [9.17, 15) is 4.79 Å². The molecular formula is C10H12O2. The lowest BCUT2D eigenvalue weighted by Gasteiger charge is -2.01. The van der Waals surface area contributed by atoms with Crippen molar-refractivity contribution in [3.8, 4) is 0 Å². The van der Waals surface area contributed by atoms with Gasteiger partial charge < -0.3 is 4.74 Å². The fraction of sp³-hybridized carbons (Fsp3) is 0.300. The number of carbonyl (C=O) groups excluding carboxylic acids is 1. The molecule has 0 aromatic carbocycles. The van der Waals surface area contributed by atoms with Gasteiger partial charge in [0.25, 0.3) is 0 Å². The first kappa shape index (κ1) is 8.78. The van der Waals surface area contributed by atoms with Crippen LogP contribution in [0.1, 0.15) is 12.8 Å². The molecule has 12 heavy (non-hydrogen) atoms. The summed E-state index contributed by atoms with van der Waals surface area (Å²) < 4.78 is 4.83. The van der Waals surface area contributed by atoms with Crippen molar-refractivity contribution in [3.05, 3.63) is 36.5 Å². The summed E-state index contributed by atoms with van der Waals surface area (Å²) in [6.07, 6.45) is 9.16. The summed E-state index contributed by atoms with van der Waals surface area (Å²) in [4.78, 5) is 10.6. The predicted molar refractivity (Wildman–Crippen MR) is 47.6 cm³/mol. The molecule has 0 aliphatic heterocycles. The monoisotopic (exact) mass is 164 g/mol. The summed E-state index contributed by atoms with van der Waals surface area (Å²) in [7, 11) is 0. The van der Waals surface area contributed by atoms with Crippen LogP contribution in [-0.2, 0) is 9.53 Å². The van der Waals surface area contributed by atoms with Crippen molar-refractivity contribution in [2.75, 3.05) is 6.61 Å². The standard InChI is InChI=1S/C10H12O2/c1-2-10(11)12-8-7-9-5-3-4-6-9/h2-5H,1,6-8H2. The Hall–Kier alpha value is -1.31. The maximum Gasteiger partial charge on any atom is 0.330 e. The summed E-state index contributed by atoms with van der Waals surface area (Å²) in [6, 6.07) is 0.